The number of hydrogen-bond donors (Lipinski definition) is 0. The molecule has 0 radical (unpaired) electrons. The number of fused-ring (bicyclic) bond motifs is 1. The van der Waals surface area contributed by atoms with Crippen LogP contribution >= 0.6 is 0 Å². The molecule has 1 amide bonds. The molecule has 36 heavy (non-hydrogen) atoms. The number of carbonyl (C=O) groups excluding carboxylic acids is 1. The Hall–Kier alpha value is -4.30. The maximum absolute atomic E-state index is 13.2. The number of hydrogen-bond acceptors (Lipinski definition) is 5. The zero-order valence-corrected chi connectivity index (χ0v) is 20.1. The van der Waals surface area contributed by atoms with Gasteiger partial charge in [0.2, 0.25) is 5.91 Å². The molecule has 4 heterocycles. The molecule has 0 atom stereocenters. The fraction of sp³-hybridized carbons (Fsp3) is 0.107. The van der Waals surface area contributed by atoms with E-state index in [-0.39, 0.29) is 10.8 Å². The van der Waals surface area contributed by atoms with Gasteiger partial charge in [-0.2, -0.15) is 0 Å². The van der Waals surface area contributed by atoms with Crippen molar-refractivity contribution in [3.8, 4) is 22.3 Å². The Kier molecular flexibility index (Phi) is 5.38. The van der Waals surface area contributed by atoms with Crippen LogP contribution in [0.5, 0.6) is 0 Å². The largest absolute Gasteiger partial charge is 0.312 e. The summed E-state index contributed by atoms with van der Waals surface area (Å²) in [4.78, 5) is 22.9. The zero-order chi connectivity index (χ0) is 24.7. The van der Waals surface area contributed by atoms with E-state index in [1.54, 1.807) is 61.2 Å². The Morgan fingerprint density at radius 3 is 2.36 bits per heavy atom. The zero-order valence-electron chi connectivity index (χ0n) is 19.3. The van der Waals surface area contributed by atoms with Crippen LogP contribution in [0.3, 0.4) is 0 Å². The van der Waals surface area contributed by atoms with Gasteiger partial charge < -0.3 is 4.90 Å². The van der Waals surface area contributed by atoms with Gasteiger partial charge >= 0.3 is 0 Å². The summed E-state index contributed by atoms with van der Waals surface area (Å²) in [6.45, 7) is 0.757. The van der Waals surface area contributed by atoms with Crippen molar-refractivity contribution in [3.63, 3.8) is 0 Å². The molecule has 0 spiro atoms. The quantitative estimate of drug-likeness (QED) is 0.338. The summed E-state index contributed by atoms with van der Waals surface area (Å²) in [5.74, 6) is 0.161. The maximum Gasteiger partial charge on any atom is 0.269 e. The summed E-state index contributed by atoms with van der Waals surface area (Å²) >= 11 is 0. The lowest BCUT2D eigenvalue weighted by Crippen LogP contribution is -2.23. The average Bonchev–Trinajstić information content (AvgIpc) is 3.56. The first-order chi connectivity index (χ1) is 17.5. The van der Waals surface area contributed by atoms with Crippen molar-refractivity contribution in [1.82, 2.24) is 13.9 Å². The van der Waals surface area contributed by atoms with Crippen molar-refractivity contribution in [2.45, 2.75) is 17.7 Å². The van der Waals surface area contributed by atoms with Crippen molar-refractivity contribution in [3.05, 3.63) is 97.6 Å². The van der Waals surface area contributed by atoms with Crippen molar-refractivity contribution >= 4 is 32.7 Å². The molecule has 1 saturated heterocycles. The van der Waals surface area contributed by atoms with Crippen molar-refractivity contribution in [1.29, 1.82) is 0 Å². The monoisotopic (exact) mass is 494 g/mol. The molecule has 0 saturated carbocycles. The van der Waals surface area contributed by atoms with Gasteiger partial charge in [0.15, 0.2) is 5.65 Å². The summed E-state index contributed by atoms with van der Waals surface area (Å²) in [5, 5.41) is 0.721. The number of anilines is 1. The number of pyridine rings is 2. The third-order valence-electron chi connectivity index (χ3n) is 6.49. The minimum atomic E-state index is -3.78. The fourth-order valence-corrected chi connectivity index (χ4v) is 5.99. The molecule has 0 unspecified atom stereocenters. The van der Waals surface area contributed by atoms with Crippen molar-refractivity contribution < 1.29 is 13.2 Å². The first-order valence-corrected chi connectivity index (χ1v) is 13.1. The van der Waals surface area contributed by atoms with Gasteiger partial charge in [-0.15, -0.1) is 0 Å². The Morgan fingerprint density at radius 2 is 1.61 bits per heavy atom. The first-order valence-electron chi connectivity index (χ1n) is 11.7. The van der Waals surface area contributed by atoms with Gasteiger partial charge in [-0.1, -0.05) is 30.3 Å². The van der Waals surface area contributed by atoms with E-state index in [1.165, 1.54) is 3.97 Å². The van der Waals surface area contributed by atoms with Gasteiger partial charge in [0.25, 0.3) is 10.0 Å². The summed E-state index contributed by atoms with van der Waals surface area (Å²) in [6.07, 6.45) is 8.20. The Bertz CT molecular complexity index is 1690. The molecule has 8 heteroatoms. The summed E-state index contributed by atoms with van der Waals surface area (Å²) in [6, 6.07) is 21.9. The van der Waals surface area contributed by atoms with E-state index in [4.69, 9.17) is 0 Å². The van der Waals surface area contributed by atoms with Gasteiger partial charge in [0.05, 0.1) is 4.90 Å². The van der Waals surface area contributed by atoms with E-state index >= 15 is 0 Å². The summed E-state index contributed by atoms with van der Waals surface area (Å²) in [5.41, 5.74) is 4.87. The number of benzene rings is 2. The Labute approximate surface area is 208 Å². The number of rotatable bonds is 5. The van der Waals surface area contributed by atoms with Gasteiger partial charge in [0.1, 0.15) is 0 Å². The van der Waals surface area contributed by atoms with Crippen LogP contribution in [-0.2, 0) is 14.8 Å². The lowest BCUT2D eigenvalue weighted by molar-refractivity contribution is -0.117. The molecule has 0 N–H and O–H groups in total. The predicted octanol–water partition coefficient (Wildman–Crippen LogP) is 5.13. The Morgan fingerprint density at radius 1 is 0.833 bits per heavy atom. The van der Waals surface area contributed by atoms with Gasteiger partial charge in [-0.05, 0) is 60.0 Å². The number of amides is 1. The molecule has 178 valence electrons. The van der Waals surface area contributed by atoms with Crippen LogP contribution in [-0.4, -0.2) is 34.8 Å². The van der Waals surface area contributed by atoms with E-state index < -0.39 is 10.0 Å². The van der Waals surface area contributed by atoms with E-state index in [0.29, 0.717) is 12.1 Å². The van der Waals surface area contributed by atoms with Crippen LogP contribution in [0, 0.1) is 0 Å². The lowest BCUT2D eigenvalue weighted by Gasteiger charge is -2.16. The van der Waals surface area contributed by atoms with Gasteiger partial charge in [-0.3, -0.25) is 9.78 Å². The minimum absolute atomic E-state index is 0.161. The van der Waals surface area contributed by atoms with E-state index in [0.717, 1.165) is 46.3 Å². The number of nitrogens with zero attached hydrogens (tertiary/aromatic N) is 4. The van der Waals surface area contributed by atoms with Crippen molar-refractivity contribution in [2.75, 3.05) is 11.4 Å². The summed E-state index contributed by atoms with van der Waals surface area (Å²) in [7, 11) is -3.78. The van der Waals surface area contributed by atoms with Gasteiger partial charge in [-0.25, -0.2) is 17.4 Å². The Balaban J connectivity index is 1.37. The lowest BCUT2D eigenvalue weighted by atomic mass is 10.0. The normalized spacial score (nSPS) is 14.0. The highest BCUT2D eigenvalue weighted by atomic mass is 32.2. The highest BCUT2D eigenvalue weighted by Gasteiger charge is 2.22. The minimum Gasteiger partial charge on any atom is -0.312 e. The van der Waals surface area contributed by atoms with Crippen LogP contribution in [0.1, 0.15) is 12.8 Å². The molecule has 0 aliphatic carbocycles. The number of carbonyl (C=O) groups is 1. The molecule has 5 aromatic rings. The molecule has 2 aromatic carbocycles. The van der Waals surface area contributed by atoms with Crippen LogP contribution in [0.25, 0.3) is 33.3 Å². The highest BCUT2D eigenvalue weighted by molar-refractivity contribution is 7.90. The third kappa shape index (κ3) is 3.76. The molecular weight excluding hydrogens is 472 g/mol. The second-order valence-corrected chi connectivity index (χ2v) is 10.5. The topological polar surface area (TPSA) is 85.2 Å². The van der Waals surface area contributed by atoms with Crippen LogP contribution in [0.2, 0.25) is 0 Å². The van der Waals surface area contributed by atoms with Crippen LogP contribution < -0.4 is 4.90 Å². The molecule has 0 bridgehead atoms. The standard InChI is InChI=1S/C28H22N4O3S/c33-27-7-4-15-31(27)23-10-8-20(9-11-23)21-17-22(19-29-18-21)25-12-14-30-28-26(25)13-16-32(28)36(34,35)24-5-2-1-3-6-24/h1-3,5-6,8-14,16-19H,4,7,15H2. The first kappa shape index (κ1) is 22.2. The molecule has 1 fully saturated rings. The molecule has 3 aromatic heterocycles. The average molecular weight is 495 g/mol. The van der Waals surface area contributed by atoms with E-state index in [1.807, 2.05) is 41.3 Å². The maximum atomic E-state index is 13.2. The van der Waals surface area contributed by atoms with Gasteiger partial charge in [0, 0.05) is 60.0 Å². The number of aromatic nitrogens is 3. The predicted molar refractivity (Wildman–Crippen MR) is 139 cm³/mol. The fourth-order valence-electron chi connectivity index (χ4n) is 4.67. The smallest absolute Gasteiger partial charge is 0.269 e. The highest BCUT2D eigenvalue weighted by Crippen LogP contribution is 2.32. The summed E-state index contributed by atoms with van der Waals surface area (Å²) < 4.78 is 27.7. The second-order valence-electron chi connectivity index (χ2n) is 8.68. The molecule has 1 aliphatic rings. The molecule has 6 rings (SSSR count). The van der Waals surface area contributed by atoms with Crippen LogP contribution in [0.15, 0.2) is 102 Å². The SMILES string of the molecule is O=C1CCCN1c1ccc(-c2cncc(-c3ccnc4c3ccn4S(=O)(=O)c3ccccc3)c2)cc1. The molecule has 1 aliphatic heterocycles. The van der Waals surface area contributed by atoms with Crippen LogP contribution in [0.4, 0.5) is 5.69 Å². The third-order valence-corrected chi connectivity index (χ3v) is 8.17. The second kappa shape index (κ2) is 8.73. The van der Waals surface area contributed by atoms with Crippen molar-refractivity contribution in [2.24, 2.45) is 0 Å². The molecule has 7 nitrogen and oxygen atoms in total. The molecular formula is C28H22N4O3S. The van der Waals surface area contributed by atoms with E-state index in [2.05, 4.69) is 9.97 Å². The van der Waals surface area contributed by atoms with E-state index in [9.17, 15) is 13.2 Å².